The van der Waals surface area contributed by atoms with Gasteiger partial charge in [0.25, 0.3) is 0 Å². The molecule has 0 aliphatic carbocycles. The molecular weight excluding hydrogens is 333 g/mol. The molecule has 5 nitrogen and oxygen atoms in total. The van der Waals surface area contributed by atoms with Gasteiger partial charge < -0.3 is 10.1 Å². The number of nitrogens with one attached hydrogen (secondary N) is 1. The van der Waals surface area contributed by atoms with Crippen molar-refractivity contribution in [2.45, 2.75) is 27.0 Å². The molecular formula is C20H18FN3O2. The number of carbonyl (C=O) groups is 1. The topological polar surface area (TPSA) is 56.2 Å². The van der Waals surface area contributed by atoms with Gasteiger partial charge in [0.1, 0.15) is 24.7 Å². The molecule has 1 amide bonds. The second-order valence-corrected chi connectivity index (χ2v) is 6.48. The molecule has 132 valence electrons. The lowest BCUT2D eigenvalue weighted by Gasteiger charge is -2.19. The normalized spacial score (nSPS) is 12.1. The molecule has 1 aliphatic rings. The highest BCUT2D eigenvalue weighted by Gasteiger charge is 2.23. The highest BCUT2D eigenvalue weighted by Crippen LogP contribution is 2.37. The van der Waals surface area contributed by atoms with Crippen LogP contribution < -0.4 is 10.1 Å². The minimum atomic E-state index is -0.346. The summed E-state index contributed by atoms with van der Waals surface area (Å²) in [6.45, 7) is 4.15. The Labute approximate surface area is 150 Å². The van der Waals surface area contributed by atoms with Crippen LogP contribution in [0.15, 0.2) is 42.6 Å². The van der Waals surface area contributed by atoms with E-state index in [4.69, 9.17) is 4.74 Å². The smallest absolute Gasteiger partial charge is 0.246 e. The first-order valence-electron chi connectivity index (χ1n) is 8.36. The van der Waals surface area contributed by atoms with Gasteiger partial charge in [0.2, 0.25) is 5.91 Å². The standard InChI is InChI=1S/C20H18FN3O2/c1-12-3-6-18-16(7-12)20-14(11-26-18)9-22-24(20)10-19(25)23-15-5-4-13(2)17(21)8-15/h3-9H,10-11H2,1-2H3,(H,23,25). The van der Waals surface area contributed by atoms with Crippen LogP contribution in [-0.2, 0) is 17.9 Å². The van der Waals surface area contributed by atoms with Crippen LogP contribution in [0.2, 0.25) is 0 Å². The number of rotatable bonds is 3. The lowest BCUT2D eigenvalue weighted by molar-refractivity contribution is -0.116. The Bertz CT molecular complexity index is 1010. The molecule has 0 unspecified atom stereocenters. The van der Waals surface area contributed by atoms with Gasteiger partial charge in [0.15, 0.2) is 0 Å². The van der Waals surface area contributed by atoms with E-state index in [2.05, 4.69) is 10.4 Å². The molecule has 1 aliphatic heterocycles. The molecule has 0 fully saturated rings. The Hall–Kier alpha value is -3.15. The minimum Gasteiger partial charge on any atom is -0.488 e. The van der Waals surface area contributed by atoms with Crippen LogP contribution in [-0.4, -0.2) is 15.7 Å². The minimum absolute atomic E-state index is 0.0399. The Morgan fingerprint density at radius 1 is 1.27 bits per heavy atom. The van der Waals surface area contributed by atoms with Gasteiger partial charge in [-0.2, -0.15) is 5.10 Å². The largest absolute Gasteiger partial charge is 0.488 e. The number of benzene rings is 2. The number of anilines is 1. The molecule has 1 aromatic heterocycles. The monoisotopic (exact) mass is 351 g/mol. The number of nitrogens with zero attached hydrogens (tertiary/aromatic N) is 2. The Kier molecular flexibility index (Phi) is 3.95. The van der Waals surface area contributed by atoms with Crippen LogP contribution in [0.3, 0.4) is 0 Å². The zero-order valence-electron chi connectivity index (χ0n) is 14.5. The number of hydrogen-bond acceptors (Lipinski definition) is 3. The van der Waals surface area contributed by atoms with Gasteiger partial charge in [-0.05, 0) is 43.7 Å². The fraction of sp³-hybridized carbons (Fsp3) is 0.200. The van der Waals surface area contributed by atoms with Crippen molar-refractivity contribution in [3.63, 3.8) is 0 Å². The highest BCUT2D eigenvalue weighted by atomic mass is 19.1. The predicted octanol–water partition coefficient (Wildman–Crippen LogP) is 3.84. The van der Waals surface area contributed by atoms with Crippen molar-refractivity contribution in [2.24, 2.45) is 0 Å². The van der Waals surface area contributed by atoms with Gasteiger partial charge in [-0.15, -0.1) is 0 Å². The van der Waals surface area contributed by atoms with Crippen molar-refractivity contribution >= 4 is 11.6 Å². The number of carbonyl (C=O) groups excluding carboxylic acids is 1. The number of aryl methyl sites for hydroxylation is 2. The number of amides is 1. The molecule has 1 N–H and O–H groups in total. The van der Waals surface area contributed by atoms with Crippen LogP contribution in [0, 0.1) is 19.7 Å². The highest BCUT2D eigenvalue weighted by molar-refractivity contribution is 5.91. The van der Waals surface area contributed by atoms with E-state index >= 15 is 0 Å². The summed E-state index contributed by atoms with van der Waals surface area (Å²) >= 11 is 0. The Balaban J connectivity index is 1.59. The van der Waals surface area contributed by atoms with Crippen molar-refractivity contribution < 1.29 is 13.9 Å². The lowest BCUT2D eigenvalue weighted by atomic mass is 10.0. The first kappa shape index (κ1) is 16.3. The van der Waals surface area contributed by atoms with E-state index in [1.54, 1.807) is 29.9 Å². The second-order valence-electron chi connectivity index (χ2n) is 6.48. The van der Waals surface area contributed by atoms with Gasteiger partial charge in [-0.1, -0.05) is 17.7 Å². The van der Waals surface area contributed by atoms with Crippen LogP contribution in [0.5, 0.6) is 5.75 Å². The maximum absolute atomic E-state index is 13.7. The van der Waals surface area contributed by atoms with Crippen LogP contribution >= 0.6 is 0 Å². The van der Waals surface area contributed by atoms with E-state index in [9.17, 15) is 9.18 Å². The lowest BCUT2D eigenvalue weighted by Crippen LogP contribution is -2.21. The molecule has 3 aromatic rings. The summed E-state index contributed by atoms with van der Waals surface area (Å²) in [7, 11) is 0. The van der Waals surface area contributed by atoms with Crippen molar-refractivity contribution in [1.82, 2.24) is 9.78 Å². The second kappa shape index (κ2) is 6.29. The van der Waals surface area contributed by atoms with E-state index < -0.39 is 0 Å². The van der Waals surface area contributed by atoms with E-state index in [1.165, 1.54) is 6.07 Å². The average molecular weight is 351 g/mol. The first-order chi connectivity index (χ1) is 12.5. The van der Waals surface area contributed by atoms with Crippen LogP contribution in [0.25, 0.3) is 11.3 Å². The quantitative estimate of drug-likeness (QED) is 0.780. The molecule has 6 heteroatoms. The molecule has 0 saturated heterocycles. The molecule has 0 atom stereocenters. The molecule has 0 bridgehead atoms. The molecule has 0 saturated carbocycles. The molecule has 26 heavy (non-hydrogen) atoms. The van der Waals surface area contributed by atoms with Crippen LogP contribution in [0.4, 0.5) is 10.1 Å². The molecule has 2 heterocycles. The first-order valence-corrected chi connectivity index (χ1v) is 8.36. The average Bonchev–Trinajstić information content (AvgIpc) is 3.01. The van der Waals surface area contributed by atoms with Crippen molar-refractivity contribution in [2.75, 3.05) is 5.32 Å². The molecule has 0 spiro atoms. The Morgan fingerprint density at radius 3 is 2.92 bits per heavy atom. The summed E-state index contributed by atoms with van der Waals surface area (Å²) in [6.07, 6.45) is 1.72. The summed E-state index contributed by atoms with van der Waals surface area (Å²) in [5.74, 6) is 0.173. The van der Waals surface area contributed by atoms with Gasteiger partial charge in [-0.3, -0.25) is 9.48 Å². The number of halogens is 1. The summed E-state index contributed by atoms with van der Waals surface area (Å²) in [4.78, 5) is 12.4. The number of hydrogen-bond donors (Lipinski definition) is 1. The predicted molar refractivity (Wildman–Crippen MR) is 96.5 cm³/mol. The summed E-state index contributed by atoms with van der Waals surface area (Å²) in [5.41, 5.74) is 4.83. The van der Waals surface area contributed by atoms with Crippen molar-refractivity contribution in [3.8, 4) is 17.0 Å². The van der Waals surface area contributed by atoms with Gasteiger partial charge in [0, 0.05) is 16.8 Å². The molecule has 4 rings (SSSR count). The number of ether oxygens (including phenoxy) is 1. The van der Waals surface area contributed by atoms with E-state index in [1.807, 2.05) is 25.1 Å². The van der Waals surface area contributed by atoms with Gasteiger partial charge in [-0.25, -0.2) is 4.39 Å². The zero-order chi connectivity index (χ0) is 18.3. The van der Waals surface area contributed by atoms with E-state index in [-0.39, 0.29) is 18.3 Å². The van der Waals surface area contributed by atoms with Crippen molar-refractivity contribution in [3.05, 3.63) is 65.1 Å². The maximum Gasteiger partial charge on any atom is 0.246 e. The number of fused-ring (bicyclic) bond motifs is 3. The molecule has 0 radical (unpaired) electrons. The van der Waals surface area contributed by atoms with Crippen molar-refractivity contribution in [1.29, 1.82) is 0 Å². The third kappa shape index (κ3) is 2.94. The third-order valence-corrected chi connectivity index (χ3v) is 4.44. The van der Waals surface area contributed by atoms with Gasteiger partial charge >= 0.3 is 0 Å². The summed E-state index contributed by atoms with van der Waals surface area (Å²) in [6, 6.07) is 10.6. The fourth-order valence-electron chi connectivity index (χ4n) is 3.08. The fourth-order valence-corrected chi connectivity index (χ4v) is 3.08. The SMILES string of the molecule is Cc1ccc2c(c1)-c1c(cnn1CC(=O)Nc1ccc(C)c(F)c1)CO2. The molecule has 2 aromatic carbocycles. The van der Waals surface area contributed by atoms with E-state index in [0.717, 1.165) is 28.1 Å². The Morgan fingerprint density at radius 2 is 2.12 bits per heavy atom. The van der Waals surface area contributed by atoms with Gasteiger partial charge in [0.05, 0.1) is 11.9 Å². The van der Waals surface area contributed by atoms with Crippen LogP contribution in [0.1, 0.15) is 16.7 Å². The van der Waals surface area contributed by atoms with E-state index in [0.29, 0.717) is 17.9 Å². The number of aromatic nitrogens is 2. The maximum atomic E-state index is 13.7. The summed E-state index contributed by atoms with van der Waals surface area (Å²) in [5, 5.41) is 7.06. The summed E-state index contributed by atoms with van der Waals surface area (Å²) < 4.78 is 21.1. The third-order valence-electron chi connectivity index (χ3n) is 4.44. The zero-order valence-corrected chi connectivity index (χ0v) is 14.5.